The van der Waals surface area contributed by atoms with Crippen molar-refractivity contribution in [3.8, 4) is 0 Å². The van der Waals surface area contributed by atoms with E-state index in [9.17, 15) is 4.79 Å². The number of hydrogen-bond acceptors (Lipinski definition) is 6. The molecule has 3 heterocycles. The number of rotatable bonds is 2. The lowest BCUT2D eigenvalue weighted by atomic mass is 10.0. The largest absolute Gasteiger partial charge is 0.355 e. The number of aryl methyl sites for hydroxylation is 1. The van der Waals surface area contributed by atoms with Crippen molar-refractivity contribution in [1.82, 2.24) is 20.2 Å². The highest BCUT2D eigenvalue weighted by Gasteiger charge is 2.31. The van der Waals surface area contributed by atoms with Crippen LogP contribution in [0.1, 0.15) is 42.1 Å². The van der Waals surface area contributed by atoms with E-state index < -0.39 is 0 Å². The lowest BCUT2D eigenvalue weighted by Crippen LogP contribution is -2.58. The van der Waals surface area contributed by atoms with Crippen LogP contribution in [0.4, 0.5) is 5.82 Å². The van der Waals surface area contributed by atoms with Crippen molar-refractivity contribution in [3.63, 3.8) is 0 Å². The lowest BCUT2D eigenvalue weighted by Gasteiger charge is -2.38. The van der Waals surface area contributed by atoms with Gasteiger partial charge < -0.3 is 20.9 Å². The van der Waals surface area contributed by atoms with E-state index in [0.717, 1.165) is 43.1 Å². The Balaban J connectivity index is 1.88. The minimum Gasteiger partial charge on any atom is -0.355 e. The average molecular weight is 332 g/mol. The zero-order valence-electron chi connectivity index (χ0n) is 15.1. The Kier molecular flexibility index (Phi) is 4.48. The summed E-state index contributed by atoms with van der Waals surface area (Å²) in [5.41, 5.74) is 7.83. The second-order valence-electron chi connectivity index (χ2n) is 7.61. The summed E-state index contributed by atoms with van der Waals surface area (Å²) in [7, 11) is 0. The number of piperazine rings is 1. The van der Waals surface area contributed by atoms with E-state index in [1.54, 1.807) is 0 Å². The molecule has 0 unspecified atom stereocenters. The fourth-order valence-electron chi connectivity index (χ4n) is 3.45. The van der Waals surface area contributed by atoms with Gasteiger partial charge in [-0.05, 0) is 34.1 Å². The van der Waals surface area contributed by atoms with Crippen LogP contribution in [0.5, 0.6) is 0 Å². The summed E-state index contributed by atoms with van der Waals surface area (Å²) in [4.78, 5) is 26.0. The highest BCUT2D eigenvalue weighted by atomic mass is 16.2. The van der Waals surface area contributed by atoms with E-state index >= 15 is 0 Å². The molecule has 0 bridgehead atoms. The summed E-state index contributed by atoms with van der Waals surface area (Å²) < 4.78 is 0. The predicted molar refractivity (Wildman–Crippen MR) is 94.3 cm³/mol. The summed E-state index contributed by atoms with van der Waals surface area (Å²) in [6, 6.07) is 0.174. The Hall–Kier alpha value is -1.73. The fourth-order valence-corrected chi connectivity index (χ4v) is 3.45. The van der Waals surface area contributed by atoms with Crippen molar-refractivity contribution in [1.29, 1.82) is 0 Å². The molecule has 0 aromatic carbocycles. The van der Waals surface area contributed by atoms with Crippen LogP contribution >= 0.6 is 0 Å². The molecule has 2 fully saturated rings. The SMILES string of the molecule is Cc1nc(C(=O)N2CCNC(C)(C)C2)nc(N2CC[C@@H](N)C2)c1C. The highest BCUT2D eigenvalue weighted by Crippen LogP contribution is 2.24. The van der Waals surface area contributed by atoms with Crippen LogP contribution in [0.25, 0.3) is 0 Å². The van der Waals surface area contributed by atoms with Crippen LogP contribution in [-0.4, -0.2) is 65.1 Å². The van der Waals surface area contributed by atoms with Crippen LogP contribution in [0.2, 0.25) is 0 Å². The van der Waals surface area contributed by atoms with Gasteiger partial charge in [0.15, 0.2) is 0 Å². The van der Waals surface area contributed by atoms with Crippen molar-refractivity contribution in [3.05, 3.63) is 17.1 Å². The van der Waals surface area contributed by atoms with Crippen LogP contribution < -0.4 is 16.0 Å². The second kappa shape index (κ2) is 6.29. The van der Waals surface area contributed by atoms with Gasteiger partial charge in [0.2, 0.25) is 5.82 Å². The molecule has 1 atom stereocenters. The third kappa shape index (κ3) is 3.37. The molecule has 1 aromatic rings. The van der Waals surface area contributed by atoms with Gasteiger partial charge >= 0.3 is 0 Å². The van der Waals surface area contributed by atoms with Crippen LogP contribution in [0.15, 0.2) is 0 Å². The standard InChI is InChI=1S/C17H28N6O/c1-11-12(2)20-14(21-15(11)22-7-5-13(18)9-22)16(24)23-8-6-19-17(3,4)10-23/h13,19H,5-10,18H2,1-4H3/t13-/m1/s1. The van der Waals surface area contributed by atoms with E-state index in [1.807, 2.05) is 18.7 Å². The van der Waals surface area contributed by atoms with Gasteiger partial charge in [0, 0.05) is 55.6 Å². The summed E-state index contributed by atoms with van der Waals surface area (Å²) >= 11 is 0. The number of amides is 1. The number of carbonyl (C=O) groups excluding carboxylic acids is 1. The van der Waals surface area contributed by atoms with Crippen molar-refractivity contribution >= 4 is 11.7 Å². The van der Waals surface area contributed by atoms with E-state index in [2.05, 4.69) is 34.0 Å². The third-order valence-electron chi connectivity index (χ3n) is 4.94. The number of carbonyl (C=O) groups is 1. The fraction of sp³-hybridized carbons (Fsp3) is 0.706. The Morgan fingerprint density at radius 2 is 2.04 bits per heavy atom. The van der Waals surface area contributed by atoms with Crippen molar-refractivity contribution < 1.29 is 4.79 Å². The zero-order valence-corrected chi connectivity index (χ0v) is 15.1. The maximum Gasteiger partial charge on any atom is 0.291 e. The molecule has 7 heteroatoms. The minimum atomic E-state index is -0.0857. The van der Waals surface area contributed by atoms with Gasteiger partial charge in [0.25, 0.3) is 5.91 Å². The molecule has 0 radical (unpaired) electrons. The van der Waals surface area contributed by atoms with E-state index in [0.29, 0.717) is 18.9 Å². The van der Waals surface area contributed by atoms with Crippen LogP contribution in [0.3, 0.4) is 0 Å². The first-order valence-corrected chi connectivity index (χ1v) is 8.67. The topological polar surface area (TPSA) is 87.4 Å². The number of hydrogen-bond donors (Lipinski definition) is 2. The molecule has 0 spiro atoms. The lowest BCUT2D eigenvalue weighted by molar-refractivity contribution is 0.0639. The Morgan fingerprint density at radius 3 is 2.67 bits per heavy atom. The first-order chi connectivity index (χ1) is 11.3. The molecule has 132 valence electrons. The second-order valence-corrected chi connectivity index (χ2v) is 7.61. The molecule has 2 saturated heterocycles. The molecule has 1 amide bonds. The zero-order chi connectivity index (χ0) is 17.5. The number of nitrogens with one attached hydrogen (secondary N) is 1. The van der Waals surface area contributed by atoms with E-state index in [4.69, 9.17) is 5.73 Å². The van der Waals surface area contributed by atoms with Gasteiger partial charge in [-0.2, -0.15) is 0 Å². The van der Waals surface area contributed by atoms with Crippen LogP contribution in [0, 0.1) is 13.8 Å². The monoisotopic (exact) mass is 332 g/mol. The Bertz CT molecular complexity index is 644. The minimum absolute atomic E-state index is 0.0851. The molecule has 2 aliphatic heterocycles. The number of anilines is 1. The van der Waals surface area contributed by atoms with Gasteiger partial charge in [-0.15, -0.1) is 0 Å². The van der Waals surface area contributed by atoms with E-state index in [-0.39, 0.29) is 17.5 Å². The summed E-state index contributed by atoms with van der Waals surface area (Å²) in [6.07, 6.45) is 0.956. The van der Waals surface area contributed by atoms with Gasteiger partial charge in [-0.25, -0.2) is 9.97 Å². The first kappa shape index (κ1) is 17.1. The predicted octanol–water partition coefficient (Wildman–Crippen LogP) is 0.455. The molecule has 24 heavy (non-hydrogen) atoms. The molecule has 7 nitrogen and oxygen atoms in total. The van der Waals surface area contributed by atoms with Crippen LogP contribution in [-0.2, 0) is 0 Å². The smallest absolute Gasteiger partial charge is 0.291 e. The molecular formula is C17H28N6O. The normalized spacial score (nSPS) is 23.6. The molecule has 0 saturated carbocycles. The van der Waals surface area contributed by atoms with Gasteiger partial charge in [0.1, 0.15) is 5.82 Å². The van der Waals surface area contributed by atoms with Crippen molar-refractivity contribution in [2.45, 2.75) is 45.7 Å². The van der Waals surface area contributed by atoms with Gasteiger partial charge in [0.05, 0.1) is 0 Å². The maximum absolute atomic E-state index is 12.9. The third-order valence-corrected chi connectivity index (χ3v) is 4.94. The summed E-state index contributed by atoms with van der Waals surface area (Å²) in [6.45, 7) is 11.9. The first-order valence-electron chi connectivity index (χ1n) is 8.67. The summed E-state index contributed by atoms with van der Waals surface area (Å²) in [5.74, 6) is 1.07. The molecule has 3 rings (SSSR count). The van der Waals surface area contributed by atoms with Crippen molar-refractivity contribution in [2.75, 3.05) is 37.6 Å². The Morgan fingerprint density at radius 1 is 1.29 bits per heavy atom. The molecular weight excluding hydrogens is 304 g/mol. The molecule has 2 aliphatic rings. The number of nitrogens with zero attached hydrogens (tertiary/aromatic N) is 4. The molecule has 1 aromatic heterocycles. The Labute approximate surface area is 143 Å². The summed E-state index contributed by atoms with van der Waals surface area (Å²) in [5, 5.41) is 3.42. The molecule has 0 aliphatic carbocycles. The van der Waals surface area contributed by atoms with Gasteiger partial charge in [-0.3, -0.25) is 4.79 Å². The molecule has 3 N–H and O–H groups in total. The van der Waals surface area contributed by atoms with Gasteiger partial charge in [-0.1, -0.05) is 0 Å². The average Bonchev–Trinajstić information content (AvgIpc) is 2.94. The number of nitrogens with two attached hydrogens (primary N) is 1. The van der Waals surface area contributed by atoms with Crippen molar-refractivity contribution in [2.24, 2.45) is 5.73 Å². The quantitative estimate of drug-likeness (QED) is 0.818. The maximum atomic E-state index is 12.9. The number of aromatic nitrogens is 2. The highest BCUT2D eigenvalue weighted by molar-refractivity contribution is 5.91. The van der Waals surface area contributed by atoms with E-state index in [1.165, 1.54) is 0 Å².